The van der Waals surface area contributed by atoms with E-state index in [4.69, 9.17) is 5.84 Å². The standard InChI is InChI=1S/C12H14N4S/c1-8-3-4-9(2)10(5-8)17-12-6-11(16-13)14-7-15-12/h3-7H,13H2,1-2H3,(H,14,15,16). The van der Waals surface area contributed by atoms with Crippen LogP contribution in [0.1, 0.15) is 11.1 Å². The molecule has 5 heteroatoms. The maximum Gasteiger partial charge on any atom is 0.144 e. The highest BCUT2D eigenvalue weighted by molar-refractivity contribution is 7.99. The van der Waals surface area contributed by atoms with Crippen LogP contribution in [0.3, 0.4) is 0 Å². The van der Waals surface area contributed by atoms with E-state index in [1.54, 1.807) is 11.8 Å². The van der Waals surface area contributed by atoms with Gasteiger partial charge >= 0.3 is 0 Å². The van der Waals surface area contributed by atoms with Crippen LogP contribution in [0.25, 0.3) is 0 Å². The number of nitrogens with zero attached hydrogens (tertiary/aromatic N) is 2. The molecule has 1 heterocycles. The third kappa shape index (κ3) is 2.95. The van der Waals surface area contributed by atoms with E-state index >= 15 is 0 Å². The van der Waals surface area contributed by atoms with Crippen LogP contribution < -0.4 is 11.3 Å². The summed E-state index contributed by atoms with van der Waals surface area (Å²) in [6.45, 7) is 4.17. The molecule has 4 nitrogen and oxygen atoms in total. The van der Waals surface area contributed by atoms with E-state index in [1.807, 2.05) is 6.07 Å². The summed E-state index contributed by atoms with van der Waals surface area (Å²) >= 11 is 1.61. The van der Waals surface area contributed by atoms with E-state index in [9.17, 15) is 0 Å². The minimum atomic E-state index is 0.618. The molecule has 0 bridgehead atoms. The van der Waals surface area contributed by atoms with Crippen molar-refractivity contribution in [3.8, 4) is 0 Å². The molecule has 2 rings (SSSR count). The Labute approximate surface area is 105 Å². The molecule has 1 aromatic heterocycles. The van der Waals surface area contributed by atoms with Crippen molar-refractivity contribution in [2.24, 2.45) is 5.84 Å². The quantitative estimate of drug-likeness (QED) is 0.495. The van der Waals surface area contributed by atoms with Gasteiger partial charge in [0.05, 0.1) is 0 Å². The normalized spacial score (nSPS) is 10.3. The number of hydrogen-bond acceptors (Lipinski definition) is 5. The van der Waals surface area contributed by atoms with E-state index in [0.29, 0.717) is 5.82 Å². The molecule has 2 aromatic rings. The summed E-state index contributed by atoms with van der Waals surface area (Å²) in [5.74, 6) is 5.93. The average Bonchev–Trinajstić information content (AvgIpc) is 2.34. The fourth-order valence-electron chi connectivity index (χ4n) is 1.40. The van der Waals surface area contributed by atoms with Crippen molar-refractivity contribution >= 4 is 17.6 Å². The van der Waals surface area contributed by atoms with Gasteiger partial charge in [0, 0.05) is 11.0 Å². The number of benzene rings is 1. The Morgan fingerprint density at radius 1 is 1.18 bits per heavy atom. The number of rotatable bonds is 3. The number of hydrogen-bond donors (Lipinski definition) is 2. The number of nitrogens with one attached hydrogen (secondary N) is 1. The number of nitrogen functional groups attached to an aromatic ring is 1. The van der Waals surface area contributed by atoms with Gasteiger partial charge < -0.3 is 5.43 Å². The SMILES string of the molecule is Cc1ccc(C)c(Sc2cc(NN)ncn2)c1. The Bertz CT molecular complexity index is 528. The fraction of sp³-hybridized carbons (Fsp3) is 0.167. The maximum atomic E-state index is 5.32. The Hall–Kier alpha value is -1.59. The Balaban J connectivity index is 2.27. The molecule has 0 aliphatic rings. The van der Waals surface area contributed by atoms with Crippen molar-refractivity contribution in [1.29, 1.82) is 0 Å². The van der Waals surface area contributed by atoms with Gasteiger partial charge in [0.15, 0.2) is 0 Å². The molecular formula is C12H14N4S. The van der Waals surface area contributed by atoms with Crippen LogP contribution in [0.2, 0.25) is 0 Å². The van der Waals surface area contributed by atoms with E-state index in [-0.39, 0.29) is 0 Å². The predicted molar refractivity (Wildman–Crippen MR) is 69.9 cm³/mol. The lowest BCUT2D eigenvalue weighted by atomic mass is 10.2. The molecule has 0 spiro atoms. The van der Waals surface area contributed by atoms with Gasteiger partial charge in [-0.2, -0.15) is 0 Å². The van der Waals surface area contributed by atoms with Crippen LogP contribution in [-0.4, -0.2) is 9.97 Å². The molecule has 0 saturated heterocycles. The minimum absolute atomic E-state index is 0.618. The van der Waals surface area contributed by atoms with Gasteiger partial charge in [-0.25, -0.2) is 15.8 Å². The third-order valence-electron chi connectivity index (χ3n) is 2.35. The van der Waals surface area contributed by atoms with Gasteiger partial charge in [-0.1, -0.05) is 23.9 Å². The van der Waals surface area contributed by atoms with E-state index in [0.717, 1.165) is 5.03 Å². The summed E-state index contributed by atoms with van der Waals surface area (Å²) in [6.07, 6.45) is 1.50. The van der Waals surface area contributed by atoms with Crippen LogP contribution >= 0.6 is 11.8 Å². The second-order valence-corrected chi connectivity index (χ2v) is 4.82. The Kier molecular flexibility index (Phi) is 3.61. The van der Waals surface area contributed by atoms with Crippen LogP contribution in [0.5, 0.6) is 0 Å². The topological polar surface area (TPSA) is 63.8 Å². The summed E-state index contributed by atoms with van der Waals surface area (Å²) in [4.78, 5) is 9.39. The van der Waals surface area contributed by atoms with Gasteiger partial charge in [0.1, 0.15) is 17.2 Å². The molecule has 0 fully saturated rings. The zero-order valence-electron chi connectivity index (χ0n) is 9.77. The zero-order valence-corrected chi connectivity index (χ0v) is 10.6. The first-order valence-corrected chi connectivity index (χ1v) is 6.04. The van der Waals surface area contributed by atoms with Gasteiger partial charge in [-0.3, -0.25) is 0 Å². The molecule has 17 heavy (non-hydrogen) atoms. The lowest BCUT2D eigenvalue weighted by Gasteiger charge is -2.06. The average molecular weight is 246 g/mol. The first-order chi connectivity index (χ1) is 8.19. The lowest BCUT2D eigenvalue weighted by Crippen LogP contribution is -2.08. The third-order valence-corrected chi connectivity index (χ3v) is 3.44. The van der Waals surface area contributed by atoms with Gasteiger partial charge in [0.25, 0.3) is 0 Å². The van der Waals surface area contributed by atoms with Crippen molar-refractivity contribution in [3.05, 3.63) is 41.7 Å². The van der Waals surface area contributed by atoms with Crippen molar-refractivity contribution in [2.45, 2.75) is 23.8 Å². The monoisotopic (exact) mass is 246 g/mol. The molecule has 3 N–H and O–H groups in total. The van der Waals surface area contributed by atoms with Gasteiger partial charge in [-0.05, 0) is 31.0 Å². The molecule has 1 aromatic carbocycles. The summed E-state index contributed by atoms with van der Waals surface area (Å²) in [6, 6.07) is 8.19. The molecule has 0 amide bonds. The smallest absolute Gasteiger partial charge is 0.144 e. The molecule has 0 unspecified atom stereocenters. The van der Waals surface area contributed by atoms with Crippen molar-refractivity contribution in [3.63, 3.8) is 0 Å². The first kappa shape index (κ1) is 11.9. The summed E-state index contributed by atoms with van der Waals surface area (Å²) < 4.78 is 0. The Morgan fingerprint density at radius 3 is 2.76 bits per heavy atom. The van der Waals surface area contributed by atoms with E-state index in [1.165, 1.54) is 22.3 Å². The molecule has 0 atom stereocenters. The molecular weight excluding hydrogens is 232 g/mol. The number of aromatic nitrogens is 2. The summed E-state index contributed by atoms with van der Waals surface area (Å²) in [5, 5.41) is 0.877. The van der Waals surface area contributed by atoms with Crippen molar-refractivity contribution in [2.75, 3.05) is 5.43 Å². The van der Waals surface area contributed by atoms with Crippen molar-refractivity contribution < 1.29 is 0 Å². The second kappa shape index (κ2) is 5.16. The van der Waals surface area contributed by atoms with Gasteiger partial charge in [-0.15, -0.1) is 0 Å². The second-order valence-electron chi connectivity index (χ2n) is 3.76. The number of nitrogens with two attached hydrogens (primary N) is 1. The number of anilines is 1. The zero-order chi connectivity index (χ0) is 12.3. The molecule has 0 aliphatic carbocycles. The van der Waals surface area contributed by atoms with E-state index in [2.05, 4.69) is 47.4 Å². The summed E-state index contributed by atoms with van der Waals surface area (Å²) in [7, 11) is 0. The predicted octanol–water partition coefficient (Wildman–Crippen LogP) is 2.53. The minimum Gasteiger partial charge on any atom is -0.308 e. The molecule has 0 saturated carbocycles. The highest BCUT2D eigenvalue weighted by Crippen LogP contribution is 2.30. The van der Waals surface area contributed by atoms with Crippen LogP contribution in [0, 0.1) is 13.8 Å². The highest BCUT2D eigenvalue weighted by Gasteiger charge is 2.04. The van der Waals surface area contributed by atoms with Crippen molar-refractivity contribution in [1.82, 2.24) is 9.97 Å². The Morgan fingerprint density at radius 2 is 2.00 bits per heavy atom. The van der Waals surface area contributed by atoms with Gasteiger partial charge in [0.2, 0.25) is 0 Å². The molecule has 88 valence electrons. The van der Waals surface area contributed by atoms with Crippen LogP contribution in [-0.2, 0) is 0 Å². The number of aryl methyl sites for hydroxylation is 2. The number of hydrazine groups is 1. The van der Waals surface area contributed by atoms with E-state index < -0.39 is 0 Å². The lowest BCUT2D eigenvalue weighted by molar-refractivity contribution is 1.04. The summed E-state index contributed by atoms with van der Waals surface area (Å²) in [5.41, 5.74) is 4.99. The maximum absolute atomic E-state index is 5.32. The molecule has 0 radical (unpaired) electrons. The highest BCUT2D eigenvalue weighted by atomic mass is 32.2. The van der Waals surface area contributed by atoms with Crippen LogP contribution in [0.4, 0.5) is 5.82 Å². The van der Waals surface area contributed by atoms with Crippen LogP contribution in [0.15, 0.2) is 40.5 Å². The first-order valence-electron chi connectivity index (χ1n) is 5.23. The fourth-order valence-corrected chi connectivity index (χ4v) is 2.37. The molecule has 0 aliphatic heterocycles. The largest absolute Gasteiger partial charge is 0.308 e.